The second-order valence-electron chi connectivity index (χ2n) is 10.4. The quantitative estimate of drug-likeness (QED) is 0.243. The van der Waals surface area contributed by atoms with E-state index in [1.54, 1.807) is 14.2 Å². The van der Waals surface area contributed by atoms with Crippen LogP contribution >= 0.6 is 0 Å². The highest BCUT2D eigenvalue weighted by Crippen LogP contribution is 2.51. The fourth-order valence-corrected chi connectivity index (χ4v) is 6.24. The van der Waals surface area contributed by atoms with Gasteiger partial charge in [0, 0.05) is 22.1 Å². The first kappa shape index (κ1) is 23.6. The Kier molecular flexibility index (Phi) is 5.48. The first-order chi connectivity index (χ1) is 19.1. The Bertz CT molecular complexity index is 1750. The number of benzene rings is 5. The zero-order chi connectivity index (χ0) is 26.6. The summed E-state index contributed by atoms with van der Waals surface area (Å²) < 4.78 is 18.5. The van der Waals surface area contributed by atoms with Gasteiger partial charge in [-0.3, -0.25) is 0 Å². The van der Waals surface area contributed by atoms with Crippen molar-refractivity contribution in [1.82, 2.24) is 0 Å². The van der Waals surface area contributed by atoms with Gasteiger partial charge >= 0.3 is 0 Å². The molecular formula is C36H30O3. The molecule has 7 rings (SSSR count). The highest BCUT2D eigenvalue weighted by molar-refractivity contribution is 6.06. The van der Waals surface area contributed by atoms with E-state index in [2.05, 4.69) is 97.9 Å². The Morgan fingerprint density at radius 2 is 1.41 bits per heavy atom. The predicted molar refractivity (Wildman–Crippen MR) is 158 cm³/mol. The number of rotatable bonds is 4. The van der Waals surface area contributed by atoms with E-state index in [1.807, 2.05) is 12.1 Å². The Hall–Kier alpha value is -4.50. The Balaban J connectivity index is 1.52. The fraction of sp³-hybridized carbons (Fsp3) is 0.167. The molecule has 5 aromatic carbocycles. The molecule has 0 saturated heterocycles. The van der Waals surface area contributed by atoms with Gasteiger partial charge in [-0.05, 0) is 83.8 Å². The van der Waals surface area contributed by atoms with Crippen molar-refractivity contribution < 1.29 is 14.2 Å². The molecule has 1 aliphatic heterocycles. The summed E-state index contributed by atoms with van der Waals surface area (Å²) in [6.07, 6.45) is 6.51. The number of ether oxygens (including phenoxy) is 3. The van der Waals surface area contributed by atoms with Crippen LogP contribution < -0.4 is 14.2 Å². The summed E-state index contributed by atoms with van der Waals surface area (Å²) in [6.45, 7) is 2.11. The molecule has 0 aromatic heterocycles. The van der Waals surface area contributed by atoms with E-state index in [9.17, 15) is 0 Å². The van der Waals surface area contributed by atoms with Gasteiger partial charge in [-0.2, -0.15) is 0 Å². The van der Waals surface area contributed by atoms with Gasteiger partial charge in [0.1, 0.15) is 17.2 Å². The molecule has 5 aromatic rings. The lowest BCUT2D eigenvalue weighted by Gasteiger charge is -2.38. The fourth-order valence-electron chi connectivity index (χ4n) is 6.24. The summed E-state index contributed by atoms with van der Waals surface area (Å²) in [5.41, 5.74) is 9.10. The molecule has 39 heavy (non-hydrogen) atoms. The van der Waals surface area contributed by atoms with E-state index in [0.29, 0.717) is 0 Å². The van der Waals surface area contributed by atoms with Crippen molar-refractivity contribution in [3.05, 3.63) is 130 Å². The molecule has 0 N–H and O–H groups in total. The second kappa shape index (κ2) is 9.06. The van der Waals surface area contributed by atoms with Gasteiger partial charge in [0.2, 0.25) is 0 Å². The highest BCUT2D eigenvalue weighted by atomic mass is 16.5. The zero-order valence-corrected chi connectivity index (χ0v) is 22.5. The third-order valence-corrected chi connectivity index (χ3v) is 8.29. The third-order valence-electron chi connectivity index (χ3n) is 8.29. The molecular weight excluding hydrogens is 480 g/mol. The predicted octanol–water partition coefficient (Wildman–Crippen LogP) is 8.28. The maximum atomic E-state index is 7.29. The molecule has 1 heterocycles. The monoisotopic (exact) mass is 510 g/mol. The lowest BCUT2D eigenvalue weighted by Crippen LogP contribution is -2.34. The van der Waals surface area contributed by atoms with Crippen molar-refractivity contribution in [3.63, 3.8) is 0 Å². The van der Waals surface area contributed by atoms with E-state index in [1.165, 1.54) is 33.2 Å². The third kappa shape index (κ3) is 3.64. The minimum atomic E-state index is -0.788. The van der Waals surface area contributed by atoms with Crippen LogP contribution in [0.25, 0.3) is 28.0 Å². The lowest BCUT2D eigenvalue weighted by molar-refractivity contribution is 0.163. The number of hydrogen-bond donors (Lipinski definition) is 0. The molecule has 2 aliphatic rings. The van der Waals surface area contributed by atoms with Crippen LogP contribution in [0.4, 0.5) is 0 Å². The van der Waals surface area contributed by atoms with Crippen LogP contribution in [0.2, 0.25) is 0 Å². The number of hydrogen-bond acceptors (Lipinski definition) is 3. The molecule has 0 saturated carbocycles. The average Bonchev–Trinajstić information content (AvgIpc) is 3.00. The average molecular weight is 511 g/mol. The van der Waals surface area contributed by atoms with Crippen LogP contribution in [0.3, 0.4) is 0 Å². The van der Waals surface area contributed by atoms with Gasteiger partial charge in [0.05, 0.1) is 14.2 Å². The first-order valence-electron chi connectivity index (χ1n) is 13.5. The SMILES string of the molecule is COc1ccc(C2(c3ccc(C)cc3)C=Cc3c4c(c5ccc(OC)cc5c3O2)-c2ccccc2CC4)cc1. The van der Waals surface area contributed by atoms with Gasteiger partial charge in [0.15, 0.2) is 5.60 Å². The van der Waals surface area contributed by atoms with Gasteiger partial charge in [0.25, 0.3) is 0 Å². The van der Waals surface area contributed by atoms with Crippen LogP contribution in [-0.2, 0) is 18.4 Å². The number of methoxy groups -OCH3 is 2. The summed E-state index contributed by atoms with van der Waals surface area (Å²) in [5.74, 6) is 2.54. The van der Waals surface area contributed by atoms with Crippen molar-refractivity contribution in [2.24, 2.45) is 0 Å². The molecule has 3 heteroatoms. The summed E-state index contributed by atoms with van der Waals surface area (Å²) in [5, 5.41) is 2.26. The lowest BCUT2D eigenvalue weighted by atomic mass is 9.77. The topological polar surface area (TPSA) is 27.7 Å². The molecule has 1 aliphatic carbocycles. The van der Waals surface area contributed by atoms with E-state index >= 15 is 0 Å². The maximum Gasteiger partial charge on any atom is 0.178 e. The minimum absolute atomic E-state index is 0.788. The Morgan fingerprint density at radius 3 is 2.15 bits per heavy atom. The van der Waals surface area contributed by atoms with Crippen molar-refractivity contribution >= 4 is 16.8 Å². The molecule has 0 radical (unpaired) electrons. The van der Waals surface area contributed by atoms with Crippen molar-refractivity contribution in [2.75, 3.05) is 14.2 Å². The molecule has 0 spiro atoms. The van der Waals surface area contributed by atoms with E-state index in [-0.39, 0.29) is 0 Å². The van der Waals surface area contributed by atoms with Crippen LogP contribution in [0.5, 0.6) is 17.2 Å². The molecule has 192 valence electrons. The van der Waals surface area contributed by atoms with Crippen molar-refractivity contribution in [3.8, 4) is 28.4 Å². The highest BCUT2D eigenvalue weighted by Gasteiger charge is 2.39. The summed E-state index contributed by atoms with van der Waals surface area (Å²) in [7, 11) is 3.41. The van der Waals surface area contributed by atoms with Crippen LogP contribution in [-0.4, -0.2) is 14.2 Å². The summed E-state index contributed by atoms with van der Waals surface area (Å²) in [4.78, 5) is 0. The standard InChI is InChI=1S/C36H30O3/c1-23-8-11-25(12-9-23)36(26-13-15-27(37-2)16-14-26)21-20-32-30-18-10-24-6-4-5-7-29(24)34(30)31-19-17-28(38-3)22-33(31)35(32)39-36/h4-9,11-17,19-22H,10,18H2,1-3H3. The van der Waals surface area contributed by atoms with Gasteiger partial charge in [-0.1, -0.05) is 72.3 Å². The number of aryl methyl sites for hydroxylation is 2. The van der Waals surface area contributed by atoms with Crippen molar-refractivity contribution in [2.45, 2.75) is 25.4 Å². The van der Waals surface area contributed by atoms with E-state index < -0.39 is 5.60 Å². The van der Waals surface area contributed by atoms with Crippen LogP contribution in [0.1, 0.15) is 33.4 Å². The van der Waals surface area contributed by atoms with E-state index in [0.717, 1.165) is 52.2 Å². The van der Waals surface area contributed by atoms with Crippen molar-refractivity contribution in [1.29, 1.82) is 0 Å². The first-order valence-corrected chi connectivity index (χ1v) is 13.5. The van der Waals surface area contributed by atoms with Gasteiger partial charge in [-0.25, -0.2) is 0 Å². The smallest absolute Gasteiger partial charge is 0.178 e. The molecule has 3 nitrogen and oxygen atoms in total. The zero-order valence-electron chi connectivity index (χ0n) is 22.5. The molecule has 0 bridgehead atoms. The second-order valence-corrected chi connectivity index (χ2v) is 10.4. The van der Waals surface area contributed by atoms with Gasteiger partial charge < -0.3 is 14.2 Å². The summed E-state index contributed by atoms with van der Waals surface area (Å²) >= 11 is 0. The largest absolute Gasteiger partial charge is 0.497 e. The number of fused-ring (bicyclic) bond motifs is 8. The molecule has 1 unspecified atom stereocenters. The molecule has 0 amide bonds. The maximum absolute atomic E-state index is 7.29. The Morgan fingerprint density at radius 1 is 0.718 bits per heavy atom. The van der Waals surface area contributed by atoms with Gasteiger partial charge in [-0.15, -0.1) is 0 Å². The molecule has 1 atom stereocenters. The van der Waals surface area contributed by atoms with E-state index in [4.69, 9.17) is 14.2 Å². The Labute approximate surface area is 229 Å². The minimum Gasteiger partial charge on any atom is -0.497 e. The van der Waals surface area contributed by atoms with Crippen LogP contribution in [0.15, 0.2) is 97.1 Å². The molecule has 0 fully saturated rings. The summed E-state index contributed by atoms with van der Waals surface area (Å²) in [6, 6.07) is 32.0. The van der Waals surface area contributed by atoms with Crippen LogP contribution in [0, 0.1) is 6.92 Å². The normalized spacial score (nSPS) is 17.1.